The summed E-state index contributed by atoms with van der Waals surface area (Å²) in [4.78, 5) is 12.4. The molecule has 0 bridgehead atoms. The van der Waals surface area contributed by atoms with E-state index in [4.69, 9.17) is 4.52 Å². The van der Waals surface area contributed by atoms with E-state index in [9.17, 15) is 4.79 Å². The van der Waals surface area contributed by atoms with Crippen molar-refractivity contribution in [2.24, 2.45) is 0 Å². The molecule has 3 rings (SSSR count). The minimum atomic E-state index is -0.0665. The molecule has 27 heavy (non-hydrogen) atoms. The van der Waals surface area contributed by atoms with Gasteiger partial charge in [0.1, 0.15) is 5.76 Å². The first-order valence-corrected chi connectivity index (χ1v) is 9.08. The Hall–Kier alpha value is -2.92. The molecule has 0 aliphatic carbocycles. The summed E-state index contributed by atoms with van der Waals surface area (Å²) in [5.74, 6) is 0.771. The van der Waals surface area contributed by atoms with Crippen LogP contribution in [0.5, 0.6) is 0 Å². The average Bonchev–Trinajstić information content (AvgIpc) is 2.99. The zero-order valence-corrected chi connectivity index (χ0v) is 16.0. The second-order valence-corrected chi connectivity index (χ2v) is 6.77. The first kappa shape index (κ1) is 18.9. The van der Waals surface area contributed by atoms with Crippen LogP contribution in [0, 0.1) is 20.8 Å². The molecule has 0 spiro atoms. The van der Waals surface area contributed by atoms with Crippen LogP contribution in [0.4, 0.5) is 0 Å². The Balaban J connectivity index is 1.54. The van der Waals surface area contributed by atoms with Crippen molar-refractivity contribution in [3.63, 3.8) is 0 Å². The van der Waals surface area contributed by atoms with Crippen LogP contribution in [-0.4, -0.2) is 11.1 Å². The lowest BCUT2D eigenvalue weighted by molar-refractivity contribution is 0.0951. The van der Waals surface area contributed by atoms with E-state index < -0.39 is 0 Å². The summed E-state index contributed by atoms with van der Waals surface area (Å²) in [6.45, 7) is 7.78. The van der Waals surface area contributed by atoms with Crippen molar-refractivity contribution >= 4 is 5.91 Å². The fraction of sp³-hybridized carbons (Fsp3) is 0.273. The Morgan fingerprint density at radius 3 is 2.44 bits per heavy atom. The van der Waals surface area contributed by atoms with Crippen LogP contribution in [0.1, 0.15) is 44.1 Å². The average molecular weight is 363 g/mol. The van der Waals surface area contributed by atoms with E-state index in [0.717, 1.165) is 28.1 Å². The summed E-state index contributed by atoms with van der Waals surface area (Å²) in [5.41, 5.74) is 6.02. The molecule has 3 aromatic rings. The zero-order chi connectivity index (χ0) is 19.2. The molecule has 0 fully saturated rings. The molecule has 0 saturated heterocycles. The molecular weight excluding hydrogens is 338 g/mol. The van der Waals surface area contributed by atoms with Crippen LogP contribution in [0.3, 0.4) is 0 Å². The zero-order valence-electron chi connectivity index (χ0n) is 16.0. The molecule has 2 N–H and O–H groups in total. The SMILES string of the molecule is Cc1ccc(CNC(=O)c2cccc(CNCc3c(C)noc3C)c2)cc1. The molecule has 5 nitrogen and oxygen atoms in total. The Morgan fingerprint density at radius 2 is 1.74 bits per heavy atom. The number of rotatable bonds is 7. The highest BCUT2D eigenvalue weighted by atomic mass is 16.5. The molecule has 0 radical (unpaired) electrons. The van der Waals surface area contributed by atoms with E-state index in [2.05, 4.69) is 15.8 Å². The number of carbonyl (C=O) groups excluding carboxylic acids is 1. The molecule has 1 aromatic heterocycles. The molecule has 0 unspecified atom stereocenters. The first-order chi connectivity index (χ1) is 13.0. The molecule has 0 saturated carbocycles. The number of nitrogens with one attached hydrogen (secondary N) is 2. The van der Waals surface area contributed by atoms with Crippen molar-refractivity contribution in [1.82, 2.24) is 15.8 Å². The van der Waals surface area contributed by atoms with Gasteiger partial charge in [-0.2, -0.15) is 0 Å². The molecule has 1 amide bonds. The Bertz CT molecular complexity index is 894. The highest BCUT2D eigenvalue weighted by molar-refractivity contribution is 5.94. The van der Waals surface area contributed by atoms with E-state index in [0.29, 0.717) is 25.2 Å². The van der Waals surface area contributed by atoms with Crippen LogP contribution in [0.25, 0.3) is 0 Å². The van der Waals surface area contributed by atoms with Gasteiger partial charge in [-0.05, 0) is 44.0 Å². The highest BCUT2D eigenvalue weighted by Crippen LogP contribution is 2.12. The van der Waals surface area contributed by atoms with Gasteiger partial charge in [-0.25, -0.2) is 0 Å². The summed E-state index contributed by atoms with van der Waals surface area (Å²) >= 11 is 0. The van der Waals surface area contributed by atoms with Gasteiger partial charge >= 0.3 is 0 Å². The maximum absolute atomic E-state index is 12.4. The normalized spacial score (nSPS) is 10.8. The summed E-state index contributed by atoms with van der Waals surface area (Å²) in [6, 6.07) is 15.8. The van der Waals surface area contributed by atoms with Crippen molar-refractivity contribution < 1.29 is 9.32 Å². The lowest BCUT2D eigenvalue weighted by Gasteiger charge is -2.09. The number of amides is 1. The molecule has 1 heterocycles. The number of aryl methyl sites for hydroxylation is 3. The van der Waals surface area contributed by atoms with Crippen molar-refractivity contribution in [1.29, 1.82) is 0 Å². The van der Waals surface area contributed by atoms with Crippen LogP contribution in [0.15, 0.2) is 53.1 Å². The van der Waals surface area contributed by atoms with Crippen molar-refractivity contribution in [2.75, 3.05) is 0 Å². The largest absolute Gasteiger partial charge is 0.361 e. The van der Waals surface area contributed by atoms with Crippen molar-refractivity contribution in [3.8, 4) is 0 Å². The van der Waals surface area contributed by atoms with Gasteiger partial charge in [-0.15, -0.1) is 0 Å². The molecule has 0 atom stereocenters. The van der Waals surface area contributed by atoms with E-state index >= 15 is 0 Å². The van der Waals surface area contributed by atoms with Gasteiger partial charge in [-0.1, -0.05) is 47.1 Å². The topological polar surface area (TPSA) is 67.2 Å². The third-order valence-electron chi connectivity index (χ3n) is 4.57. The van der Waals surface area contributed by atoms with Gasteiger partial charge in [0.15, 0.2) is 0 Å². The predicted molar refractivity (Wildman–Crippen MR) is 105 cm³/mol. The molecule has 140 valence electrons. The standard InChI is InChI=1S/C22H25N3O2/c1-15-7-9-18(10-8-15)13-24-22(26)20-6-4-5-19(11-20)12-23-14-21-16(2)25-27-17(21)3/h4-11,23H,12-14H2,1-3H3,(H,24,26). The molecule has 5 heteroatoms. The number of carbonyl (C=O) groups is 1. The Kier molecular flexibility index (Phi) is 6.04. The Labute approximate surface area is 159 Å². The minimum Gasteiger partial charge on any atom is -0.361 e. The van der Waals surface area contributed by atoms with Gasteiger partial charge in [0, 0.05) is 30.8 Å². The van der Waals surface area contributed by atoms with Gasteiger partial charge in [0.2, 0.25) is 0 Å². The van der Waals surface area contributed by atoms with Gasteiger partial charge in [0.05, 0.1) is 5.69 Å². The van der Waals surface area contributed by atoms with Gasteiger partial charge in [0.25, 0.3) is 5.91 Å². The van der Waals surface area contributed by atoms with E-state index in [1.54, 1.807) is 0 Å². The second-order valence-electron chi connectivity index (χ2n) is 6.77. The number of aromatic nitrogens is 1. The lowest BCUT2D eigenvalue weighted by atomic mass is 10.1. The van der Waals surface area contributed by atoms with E-state index in [1.165, 1.54) is 5.56 Å². The van der Waals surface area contributed by atoms with Crippen LogP contribution < -0.4 is 10.6 Å². The van der Waals surface area contributed by atoms with Gasteiger partial charge < -0.3 is 15.2 Å². The number of benzene rings is 2. The van der Waals surface area contributed by atoms with Crippen molar-refractivity contribution in [3.05, 3.63) is 87.8 Å². The monoisotopic (exact) mass is 363 g/mol. The third-order valence-corrected chi connectivity index (χ3v) is 4.57. The van der Waals surface area contributed by atoms with Crippen LogP contribution in [-0.2, 0) is 19.6 Å². The summed E-state index contributed by atoms with van der Waals surface area (Å²) in [7, 11) is 0. The van der Waals surface area contributed by atoms with E-state index in [-0.39, 0.29) is 5.91 Å². The summed E-state index contributed by atoms with van der Waals surface area (Å²) in [5, 5.41) is 10.3. The summed E-state index contributed by atoms with van der Waals surface area (Å²) < 4.78 is 5.18. The fourth-order valence-electron chi connectivity index (χ4n) is 2.90. The molecule has 2 aromatic carbocycles. The van der Waals surface area contributed by atoms with Crippen LogP contribution in [0.2, 0.25) is 0 Å². The predicted octanol–water partition coefficient (Wildman–Crippen LogP) is 3.82. The molecular formula is C22H25N3O2. The number of hydrogen-bond acceptors (Lipinski definition) is 4. The van der Waals surface area contributed by atoms with E-state index in [1.807, 2.05) is 69.3 Å². The fourth-order valence-corrected chi connectivity index (χ4v) is 2.90. The smallest absolute Gasteiger partial charge is 0.251 e. The number of nitrogens with zero attached hydrogens (tertiary/aromatic N) is 1. The maximum atomic E-state index is 12.4. The number of hydrogen-bond donors (Lipinski definition) is 2. The molecule has 0 aliphatic heterocycles. The third kappa shape index (κ3) is 5.05. The lowest BCUT2D eigenvalue weighted by Crippen LogP contribution is -2.23. The molecule has 0 aliphatic rings. The Morgan fingerprint density at radius 1 is 0.963 bits per heavy atom. The van der Waals surface area contributed by atoms with Crippen molar-refractivity contribution in [2.45, 2.75) is 40.4 Å². The maximum Gasteiger partial charge on any atom is 0.251 e. The highest BCUT2D eigenvalue weighted by Gasteiger charge is 2.09. The van der Waals surface area contributed by atoms with Gasteiger partial charge in [-0.3, -0.25) is 4.79 Å². The first-order valence-electron chi connectivity index (χ1n) is 9.08. The van der Waals surface area contributed by atoms with Crippen LogP contribution >= 0.6 is 0 Å². The second kappa shape index (κ2) is 8.64. The summed E-state index contributed by atoms with van der Waals surface area (Å²) in [6.07, 6.45) is 0. The quantitative estimate of drug-likeness (QED) is 0.670. The minimum absolute atomic E-state index is 0.0665.